The summed E-state index contributed by atoms with van der Waals surface area (Å²) in [6.07, 6.45) is 25.8. The van der Waals surface area contributed by atoms with Crippen LogP contribution >= 0.6 is 0 Å². The third kappa shape index (κ3) is 13.4. The second-order valence-corrected chi connectivity index (χ2v) is 9.94. The highest BCUT2D eigenvalue weighted by molar-refractivity contribution is 5.98. The van der Waals surface area contributed by atoms with Gasteiger partial charge in [-0.3, -0.25) is 9.59 Å². The number of carbonyl (C=O) groups excluding carboxylic acids is 2. The Morgan fingerprint density at radius 2 is 1.23 bits per heavy atom. The Labute approximate surface area is 188 Å². The normalized spacial score (nSPS) is 14.0. The van der Waals surface area contributed by atoms with Gasteiger partial charge in [-0.25, -0.2) is 0 Å². The van der Waals surface area contributed by atoms with Gasteiger partial charge in [0.2, 0.25) is 6.29 Å². The van der Waals surface area contributed by atoms with E-state index in [1.807, 2.05) is 27.7 Å². The van der Waals surface area contributed by atoms with E-state index in [2.05, 4.69) is 25.4 Å². The van der Waals surface area contributed by atoms with Gasteiger partial charge in [0.25, 0.3) is 0 Å². The van der Waals surface area contributed by atoms with Crippen molar-refractivity contribution in [2.75, 3.05) is 0 Å². The van der Waals surface area contributed by atoms with Crippen LogP contribution in [0.3, 0.4) is 0 Å². The summed E-state index contributed by atoms with van der Waals surface area (Å²) in [5.74, 6) is 0.420. The Hall–Kier alpha value is -0.920. The maximum atomic E-state index is 12.7. The van der Waals surface area contributed by atoms with Crippen LogP contribution in [0.15, 0.2) is 12.2 Å². The minimum absolute atomic E-state index is 0.0318. The van der Waals surface area contributed by atoms with Gasteiger partial charge in [0.05, 0.1) is 5.41 Å². The SMILES string of the molecule is CCCCCCCC/C=C\CCCCCCCCC([C]=O)(C(=O)CC(C)C)C(C)C. The molecule has 2 heteroatoms. The summed E-state index contributed by atoms with van der Waals surface area (Å²) in [5, 5.41) is 0. The van der Waals surface area contributed by atoms with Crippen LogP contribution in [0.2, 0.25) is 0 Å². The highest BCUT2D eigenvalue weighted by atomic mass is 16.1. The fourth-order valence-electron chi connectivity index (χ4n) is 4.18. The van der Waals surface area contributed by atoms with Crippen molar-refractivity contribution in [3.05, 3.63) is 12.2 Å². The Balaban J connectivity index is 3.81. The average Bonchev–Trinajstić information content (AvgIpc) is 2.69. The molecule has 0 aromatic heterocycles. The number of rotatable bonds is 21. The molecule has 0 saturated carbocycles. The third-order valence-corrected chi connectivity index (χ3v) is 6.34. The van der Waals surface area contributed by atoms with Crippen LogP contribution in [0, 0.1) is 17.3 Å². The number of unbranched alkanes of at least 4 members (excludes halogenated alkanes) is 12. The molecule has 0 saturated heterocycles. The number of ketones is 1. The zero-order valence-electron chi connectivity index (χ0n) is 20.9. The minimum Gasteiger partial charge on any atom is -0.299 e. The van der Waals surface area contributed by atoms with E-state index in [0.717, 1.165) is 12.8 Å². The first-order valence-electron chi connectivity index (χ1n) is 13.0. The van der Waals surface area contributed by atoms with E-state index in [1.165, 1.54) is 77.0 Å². The van der Waals surface area contributed by atoms with E-state index in [0.29, 0.717) is 18.8 Å². The van der Waals surface area contributed by atoms with Gasteiger partial charge in [0.15, 0.2) is 0 Å². The molecule has 0 aliphatic heterocycles. The van der Waals surface area contributed by atoms with Gasteiger partial charge in [-0.05, 0) is 43.9 Å². The lowest BCUT2D eigenvalue weighted by molar-refractivity contribution is -0.128. The molecule has 0 aliphatic carbocycles. The monoisotopic (exact) mass is 419 g/mol. The van der Waals surface area contributed by atoms with Crippen LogP contribution in [0.5, 0.6) is 0 Å². The molecule has 30 heavy (non-hydrogen) atoms. The topological polar surface area (TPSA) is 34.1 Å². The smallest absolute Gasteiger partial charge is 0.213 e. The molecule has 0 rings (SSSR count). The van der Waals surface area contributed by atoms with E-state index >= 15 is 0 Å². The van der Waals surface area contributed by atoms with Crippen LogP contribution in [-0.4, -0.2) is 12.1 Å². The van der Waals surface area contributed by atoms with Gasteiger partial charge in [-0.15, -0.1) is 0 Å². The summed E-state index contributed by atoms with van der Waals surface area (Å²) in [7, 11) is 0. The molecule has 1 atom stereocenters. The van der Waals surface area contributed by atoms with Gasteiger partial charge in [0.1, 0.15) is 5.78 Å². The maximum Gasteiger partial charge on any atom is 0.213 e. The molecule has 0 aromatic rings. The molecule has 0 bridgehead atoms. The van der Waals surface area contributed by atoms with Crippen molar-refractivity contribution in [1.29, 1.82) is 0 Å². The first-order valence-corrected chi connectivity index (χ1v) is 13.0. The van der Waals surface area contributed by atoms with Crippen molar-refractivity contribution < 1.29 is 9.59 Å². The summed E-state index contributed by atoms with van der Waals surface area (Å²) >= 11 is 0. The molecule has 1 unspecified atom stereocenters. The standard InChI is InChI=1S/C28H51O2/c1-6-7-8-9-10-11-12-13-14-15-16-17-18-19-20-21-22-28(24-29,26(4)5)27(30)23-25(2)3/h13-14,25-26H,6-12,15-23H2,1-5H3/b14-13-. The van der Waals surface area contributed by atoms with Gasteiger partial charge in [-0.2, -0.15) is 0 Å². The zero-order chi connectivity index (χ0) is 22.7. The van der Waals surface area contributed by atoms with Crippen molar-refractivity contribution in [3.63, 3.8) is 0 Å². The first kappa shape index (κ1) is 29.1. The number of Topliss-reactive ketones (excluding diaryl/α,β-unsaturated/α-hetero) is 1. The Kier molecular flexibility index (Phi) is 18.2. The van der Waals surface area contributed by atoms with Crippen molar-refractivity contribution in [1.82, 2.24) is 0 Å². The molecular weight excluding hydrogens is 368 g/mol. The molecule has 0 aliphatic rings. The molecule has 2 nitrogen and oxygen atoms in total. The number of hydrogen-bond acceptors (Lipinski definition) is 2. The predicted molar refractivity (Wildman–Crippen MR) is 131 cm³/mol. The number of carbonyl (C=O) groups is 1. The number of allylic oxidation sites excluding steroid dienone is 2. The zero-order valence-corrected chi connectivity index (χ0v) is 20.9. The van der Waals surface area contributed by atoms with E-state index in [4.69, 9.17) is 0 Å². The molecule has 1 radical (unpaired) electrons. The lowest BCUT2D eigenvalue weighted by Gasteiger charge is -2.30. The van der Waals surface area contributed by atoms with Crippen molar-refractivity contribution in [2.24, 2.45) is 17.3 Å². The van der Waals surface area contributed by atoms with Crippen LogP contribution in [0.1, 0.15) is 137 Å². The quantitative estimate of drug-likeness (QED) is 0.106. The highest BCUT2D eigenvalue weighted by Crippen LogP contribution is 2.35. The summed E-state index contributed by atoms with van der Waals surface area (Å²) in [5.41, 5.74) is -0.884. The summed E-state index contributed by atoms with van der Waals surface area (Å²) in [4.78, 5) is 24.4. The molecule has 0 spiro atoms. The van der Waals surface area contributed by atoms with Crippen molar-refractivity contribution in [2.45, 2.75) is 137 Å². The lowest BCUT2D eigenvalue weighted by atomic mass is 9.69. The third-order valence-electron chi connectivity index (χ3n) is 6.34. The highest BCUT2D eigenvalue weighted by Gasteiger charge is 2.41. The second-order valence-electron chi connectivity index (χ2n) is 9.94. The number of hydrogen-bond donors (Lipinski definition) is 0. The molecule has 0 heterocycles. The summed E-state index contributed by atoms with van der Waals surface area (Å²) in [6.45, 7) is 10.3. The van der Waals surface area contributed by atoms with Crippen molar-refractivity contribution in [3.8, 4) is 0 Å². The van der Waals surface area contributed by atoms with Gasteiger partial charge >= 0.3 is 0 Å². The van der Waals surface area contributed by atoms with E-state index in [1.54, 1.807) is 0 Å². The van der Waals surface area contributed by atoms with Crippen LogP contribution in [-0.2, 0) is 9.59 Å². The van der Waals surface area contributed by atoms with E-state index in [-0.39, 0.29) is 11.7 Å². The Morgan fingerprint density at radius 1 is 0.767 bits per heavy atom. The Morgan fingerprint density at radius 3 is 1.67 bits per heavy atom. The Bertz CT molecular complexity index is 450. The average molecular weight is 420 g/mol. The largest absolute Gasteiger partial charge is 0.299 e. The lowest BCUT2D eigenvalue weighted by Crippen LogP contribution is -2.38. The summed E-state index contributed by atoms with van der Waals surface area (Å²) in [6, 6.07) is 0. The van der Waals surface area contributed by atoms with Crippen LogP contribution in [0.25, 0.3) is 0 Å². The van der Waals surface area contributed by atoms with E-state index < -0.39 is 5.41 Å². The molecule has 175 valence electrons. The summed E-state index contributed by atoms with van der Waals surface area (Å²) < 4.78 is 0. The van der Waals surface area contributed by atoms with E-state index in [9.17, 15) is 9.59 Å². The second kappa shape index (κ2) is 18.8. The van der Waals surface area contributed by atoms with Crippen molar-refractivity contribution >= 4 is 12.1 Å². The predicted octanol–water partition coefficient (Wildman–Crippen LogP) is 8.78. The van der Waals surface area contributed by atoms with Crippen LogP contribution in [0.4, 0.5) is 0 Å². The molecular formula is C28H51O2. The van der Waals surface area contributed by atoms with Crippen LogP contribution < -0.4 is 0 Å². The van der Waals surface area contributed by atoms with Gasteiger partial charge < -0.3 is 0 Å². The first-order chi connectivity index (χ1) is 14.4. The van der Waals surface area contributed by atoms with Gasteiger partial charge in [-0.1, -0.05) is 111 Å². The minimum atomic E-state index is -0.884. The molecule has 0 amide bonds. The van der Waals surface area contributed by atoms with Gasteiger partial charge in [0, 0.05) is 6.42 Å². The fourth-order valence-corrected chi connectivity index (χ4v) is 4.18. The molecule has 0 fully saturated rings. The molecule has 0 N–H and O–H groups in total. The molecule has 0 aromatic carbocycles. The maximum absolute atomic E-state index is 12.7. The fraction of sp³-hybridized carbons (Fsp3) is 0.857.